The number of aromatic hydroxyl groups is 1. The zero-order valence-corrected chi connectivity index (χ0v) is 25.7. The Labute approximate surface area is 242 Å². The number of phenols is 1. The summed E-state index contributed by atoms with van der Waals surface area (Å²) in [6.45, 7) is 8.25. The first-order valence-corrected chi connectivity index (χ1v) is 16.5. The van der Waals surface area contributed by atoms with Crippen LogP contribution in [0.2, 0.25) is 0 Å². The van der Waals surface area contributed by atoms with Crippen LogP contribution in [0.4, 0.5) is 13.2 Å². The molecule has 232 valence electrons. The van der Waals surface area contributed by atoms with Crippen LogP contribution < -0.4 is 4.74 Å². The van der Waals surface area contributed by atoms with Gasteiger partial charge in [0.2, 0.25) is 0 Å². The maximum absolute atomic E-state index is 14.2. The third-order valence-electron chi connectivity index (χ3n) is 5.94. The summed E-state index contributed by atoms with van der Waals surface area (Å²) < 4.78 is 94.2. The number of phenolic OH excluding ortho intramolecular Hbond substituents is 1. The van der Waals surface area contributed by atoms with Gasteiger partial charge in [0.1, 0.15) is 11.5 Å². The second-order valence-electron chi connectivity index (χ2n) is 8.93. The van der Waals surface area contributed by atoms with Crippen molar-refractivity contribution in [3.63, 3.8) is 0 Å². The molecule has 3 rings (SSSR count). The van der Waals surface area contributed by atoms with Crippen molar-refractivity contribution in [1.82, 2.24) is 9.78 Å². The van der Waals surface area contributed by atoms with Crippen LogP contribution in [0.25, 0.3) is 16.9 Å². The van der Waals surface area contributed by atoms with Gasteiger partial charge < -0.3 is 27.9 Å². The standard InChI is InChI=1S/C27H35F3N2O8P2/c1-6-36-41(34,37-7-2)25(42(35,38-8-3)39-9-4)17-20-18-31-32(26(20)23-16-19(5)10-15-24(23)33)21-11-13-22(14-12-21)40-27(28,29)30/h10-16,18,25,33H,6-9,17H2,1-5H3. The Bertz CT molecular complexity index is 1380. The normalized spacial score (nSPS) is 12.7. The van der Waals surface area contributed by atoms with Gasteiger partial charge in [-0.3, -0.25) is 9.13 Å². The Kier molecular flexibility index (Phi) is 11.4. The second kappa shape index (κ2) is 14.2. The molecule has 0 radical (unpaired) electrons. The van der Waals surface area contributed by atoms with E-state index in [4.69, 9.17) is 18.1 Å². The van der Waals surface area contributed by atoms with Crippen LogP contribution in [0.3, 0.4) is 0 Å². The smallest absolute Gasteiger partial charge is 0.507 e. The highest BCUT2D eigenvalue weighted by atomic mass is 31.2. The highest BCUT2D eigenvalue weighted by Gasteiger charge is 2.51. The number of halogens is 3. The van der Waals surface area contributed by atoms with E-state index in [0.29, 0.717) is 22.5 Å². The molecule has 0 saturated heterocycles. The molecule has 3 aromatic rings. The molecule has 0 aliphatic rings. The average Bonchev–Trinajstić information content (AvgIpc) is 3.32. The Morgan fingerprint density at radius 2 is 1.40 bits per heavy atom. The molecule has 0 spiro atoms. The number of nitrogens with zero attached hydrogens (tertiary/aromatic N) is 2. The zero-order chi connectivity index (χ0) is 31.1. The Balaban J connectivity index is 2.25. The van der Waals surface area contributed by atoms with E-state index >= 15 is 0 Å². The molecule has 1 N–H and O–H groups in total. The highest BCUT2D eigenvalue weighted by Crippen LogP contribution is 2.71. The molecule has 1 aromatic heterocycles. The zero-order valence-electron chi connectivity index (χ0n) is 24.0. The summed E-state index contributed by atoms with van der Waals surface area (Å²) >= 11 is 0. The van der Waals surface area contributed by atoms with Crippen LogP contribution in [0.1, 0.15) is 38.8 Å². The van der Waals surface area contributed by atoms with E-state index in [-0.39, 0.29) is 38.6 Å². The minimum atomic E-state index is -4.86. The predicted octanol–water partition coefficient (Wildman–Crippen LogP) is 7.85. The summed E-state index contributed by atoms with van der Waals surface area (Å²) in [7, 11) is -8.27. The molecule has 0 amide bonds. The molecular formula is C27H35F3N2O8P2. The molecule has 0 unspecified atom stereocenters. The van der Waals surface area contributed by atoms with Gasteiger partial charge in [0, 0.05) is 17.5 Å². The SMILES string of the molecule is CCOP(=O)(OCC)C(Cc1cnn(-c2ccc(OC(F)(F)F)cc2)c1-c1cc(C)ccc1O)P(=O)(OCC)OCC. The Hall–Kier alpha value is -2.66. The summed E-state index contributed by atoms with van der Waals surface area (Å²) in [4.78, 5) is 0. The fourth-order valence-electron chi connectivity index (χ4n) is 4.38. The van der Waals surface area contributed by atoms with Crippen molar-refractivity contribution in [2.75, 3.05) is 26.4 Å². The number of rotatable bonds is 15. The lowest BCUT2D eigenvalue weighted by atomic mass is 10.0. The molecule has 0 fully saturated rings. The molecule has 0 aliphatic carbocycles. The van der Waals surface area contributed by atoms with Gasteiger partial charge in [-0.2, -0.15) is 5.10 Å². The molecule has 15 heteroatoms. The molecular weight excluding hydrogens is 599 g/mol. The molecule has 0 saturated carbocycles. The molecule has 0 aliphatic heterocycles. The van der Waals surface area contributed by atoms with Crippen molar-refractivity contribution < 1.29 is 50.2 Å². The Morgan fingerprint density at radius 1 is 0.881 bits per heavy atom. The van der Waals surface area contributed by atoms with Gasteiger partial charge in [-0.1, -0.05) is 11.6 Å². The number of alkyl halides is 3. The largest absolute Gasteiger partial charge is 0.573 e. The van der Waals surface area contributed by atoms with Crippen molar-refractivity contribution in [3.05, 3.63) is 59.8 Å². The predicted molar refractivity (Wildman–Crippen MR) is 151 cm³/mol. The lowest BCUT2D eigenvalue weighted by Gasteiger charge is -2.31. The monoisotopic (exact) mass is 634 g/mol. The minimum absolute atomic E-state index is 0.0108. The van der Waals surface area contributed by atoms with Gasteiger partial charge in [0.25, 0.3) is 0 Å². The summed E-state index contributed by atoms with van der Waals surface area (Å²) in [5, 5.41) is 13.9. The van der Waals surface area contributed by atoms with E-state index in [1.807, 2.05) is 6.92 Å². The van der Waals surface area contributed by atoms with Gasteiger partial charge in [-0.05, 0) is 71.0 Å². The topological polar surface area (TPSA) is 118 Å². The van der Waals surface area contributed by atoms with Crippen molar-refractivity contribution in [3.8, 4) is 28.4 Å². The number of aromatic nitrogens is 2. The summed E-state index contributed by atoms with van der Waals surface area (Å²) in [6, 6.07) is 9.86. The third kappa shape index (κ3) is 8.03. The van der Waals surface area contributed by atoms with Crippen molar-refractivity contribution in [1.29, 1.82) is 0 Å². The first-order valence-electron chi connectivity index (χ1n) is 13.3. The third-order valence-corrected chi connectivity index (χ3v) is 11.9. The molecule has 0 bridgehead atoms. The van der Waals surface area contributed by atoms with Gasteiger partial charge in [0.05, 0.1) is 44.0 Å². The van der Waals surface area contributed by atoms with Crippen LogP contribution in [0.15, 0.2) is 48.7 Å². The number of benzene rings is 2. The van der Waals surface area contributed by atoms with Crippen LogP contribution in [0, 0.1) is 6.92 Å². The quantitative estimate of drug-likeness (QED) is 0.167. The van der Waals surface area contributed by atoms with Crippen LogP contribution in [-0.2, 0) is 33.6 Å². The minimum Gasteiger partial charge on any atom is -0.507 e. The summed E-state index contributed by atoms with van der Waals surface area (Å²) in [6.07, 6.45) is -3.67. The number of aryl methyl sites for hydroxylation is 1. The Morgan fingerprint density at radius 3 is 1.88 bits per heavy atom. The second-order valence-corrected chi connectivity index (χ2v) is 13.8. The van der Waals surface area contributed by atoms with Gasteiger partial charge in [0.15, 0.2) is 5.40 Å². The van der Waals surface area contributed by atoms with Gasteiger partial charge in [-0.15, -0.1) is 13.2 Å². The van der Waals surface area contributed by atoms with E-state index < -0.39 is 32.7 Å². The van der Waals surface area contributed by atoms with Crippen molar-refractivity contribution in [2.45, 2.75) is 52.8 Å². The number of hydrogen-bond acceptors (Lipinski definition) is 9. The first kappa shape index (κ1) is 33.8. The summed E-state index contributed by atoms with van der Waals surface area (Å²) in [5.74, 6) is -0.546. The maximum atomic E-state index is 14.2. The number of hydrogen-bond donors (Lipinski definition) is 1. The number of ether oxygens (including phenoxy) is 1. The van der Waals surface area contributed by atoms with Gasteiger partial charge in [-0.25, -0.2) is 4.68 Å². The lowest BCUT2D eigenvalue weighted by Crippen LogP contribution is -2.20. The van der Waals surface area contributed by atoms with E-state index in [0.717, 1.165) is 17.7 Å². The molecule has 1 heterocycles. The fourth-order valence-corrected chi connectivity index (χ4v) is 9.68. The molecule has 10 nitrogen and oxygen atoms in total. The molecule has 0 atom stereocenters. The lowest BCUT2D eigenvalue weighted by molar-refractivity contribution is -0.274. The van der Waals surface area contributed by atoms with Crippen molar-refractivity contribution in [2.24, 2.45) is 0 Å². The van der Waals surface area contributed by atoms with E-state index in [1.165, 1.54) is 29.1 Å². The average molecular weight is 635 g/mol. The van der Waals surface area contributed by atoms with Gasteiger partial charge >= 0.3 is 21.6 Å². The van der Waals surface area contributed by atoms with Crippen LogP contribution >= 0.6 is 15.2 Å². The fraction of sp³-hybridized carbons (Fsp3) is 0.444. The molecule has 2 aromatic carbocycles. The first-order chi connectivity index (χ1) is 19.8. The van der Waals surface area contributed by atoms with Crippen LogP contribution in [-0.4, -0.2) is 53.1 Å². The highest BCUT2D eigenvalue weighted by molar-refractivity contribution is 7.72. The van der Waals surface area contributed by atoms with E-state index in [9.17, 15) is 27.4 Å². The van der Waals surface area contributed by atoms with E-state index in [2.05, 4.69) is 9.84 Å². The summed E-state index contributed by atoms with van der Waals surface area (Å²) in [5.41, 5.74) is 2.12. The molecule has 42 heavy (non-hydrogen) atoms. The van der Waals surface area contributed by atoms with E-state index in [1.54, 1.807) is 39.8 Å². The maximum Gasteiger partial charge on any atom is 0.573 e. The van der Waals surface area contributed by atoms with Crippen LogP contribution in [0.5, 0.6) is 11.5 Å². The van der Waals surface area contributed by atoms with Crippen molar-refractivity contribution >= 4 is 15.2 Å².